The largest absolute Gasteiger partial charge is 0.357 e. The highest BCUT2D eigenvalue weighted by atomic mass is 127. The zero-order chi connectivity index (χ0) is 20.8. The van der Waals surface area contributed by atoms with Gasteiger partial charge in [0.1, 0.15) is 11.6 Å². The van der Waals surface area contributed by atoms with Crippen LogP contribution in [0.2, 0.25) is 0 Å². The molecule has 7 nitrogen and oxygen atoms in total. The van der Waals surface area contributed by atoms with E-state index in [1.54, 1.807) is 7.05 Å². The van der Waals surface area contributed by atoms with E-state index in [0.29, 0.717) is 13.1 Å². The van der Waals surface area contributed by atoms with Crippen LogP contribution in [0.25, 0.3) is 11.3 Å². The summed E-state index contributed by atoms with van der Waals surface area (Å²) in [4.78, 5) is 21.3. The molecule has 0 radical (unpaired) electrons. The summed E-state index contributed by atoms with van der Waals surface area (Å²) in [6, 6.07) is 14.5. The van der Waals surface area contributed by atoms with Crippen molar-refractivity contribution in [3.63, 3.8) is 0 Å². The van der Waals surface area contributed by atoms with E-state index in [4.69, 9.17) is 0 Å². The second-order valence-corrected chi connectivity index (χ2v) is 7.59. The molecule has 0 bridgehead atoms. The van der Waals surface area contributed by atoms with E-state index in [1.807, 2.05) is 37.6 Å². The summed E-state index contributed by atoms with van der Waals surface area (Å²) in [5.41, 5.74) is 3.29. The maximum atomic E-state index is 4.63. The van der Waals surface area contributed by atoms with E-state index in [1.165, 1.54) is 12.8 Å². The number of halogens is 1. The predicted octanol–water partition coefficient (Wildman–Crippen LogP) is 3.90. The highest BCUT2D eigenvalue weighted by molar-refractivity contribution is 14.0. The van der Waals surface area contributed by atoms with E-state index >= 15 is 0 Å². The van der Waals surface area contributed by atoms with Crippen molar-refractivity contribution in [3.05, 3.63) is 66.2 Å². The number of pyridine rings is 1. The normalized spacial score (nSPS) is 13.7. The van der Waals surface area contributed by atoms with Gasteiger partial charge in [0.15, 0.2) is 5.96 Å². The first-order chi connectivity index (χ1) is 14.7. The standard InChI is InChI=1S/C23H29N7.HI/c1-24-23(27-15-18-10-11-22(26-14-18)30-12-6-7-13-30)29(2)17-21-25-16-20(28-21)19-8-4-3-5-9-19;/h3-5,8-11,14,16H,6-7,12-13,15,17H2,1-2H3,(H,24,27)(H,25,28);1H. The van der Waals surface area contributed by atoms with Gasteiger partial charge in [0, 0.05) is 39.9 Å². The molecular weight excluding hydrogens is 501 g/mol. The summed E-state index contributed by atoms with van der Waals surface area (Å²) in [5.74, 6) is 2.79. The van der Waals surface area contributed by atoms with Crippen molar-refractivity contribution in [2.24, 2.45) is 4.99 Å². The van der Waals surface area contributed by atoms with Crippen molar-refractivity contribution < 1.29 is 0 Å². The quantitative estimate of drug-likeness (QED) is 0.287. The van der Waals surface area contributed by atoms with Gasteiger partial charge in [-0.2, -0.15) is 0 Å². The van der Waals surface area contributed by atoms with Gasteiger partial charge in [-0.05, 0) is 30.0 Å². The zero-order valence-electron chi connectivity index (χ0n) is 18.1. The van der Waals surface area contributed by atoms with Crippen LogP contribution in [-0.4, -0.2) is 53.0 Å². The Morgan fingerprint density at radius 2 is 1.87 bits per heavy atom. The Morgan fingerprint density at radius 1 is 1.10 bits per heavy atom. The van der Waals surface area contributed by atoms with Gasteiger partial charge >= 0.3 is 0 Å². The lowest BCUT2D eigenvalue weighted by molar-refractivity contribution is 0.464. The van der Waals surface area contributed by atoms with Gasteiger partial charge in [0.2, 0.25) is 0 Å². The van der Waals surface area contributed by atoms with Crippen molar-refractivity contribution in [2.75, 3.05) is 32.1 Å². The first-order valence-corrected chi connectivity index (χ1v) is 10.4. The zero-order valence-corrected chi connectivity index (χ0v) is 20.4. The average molecular weight is 531 g/mol. The van der Waals surface area contributed by atoms with Crippen molar-refractivity contribution in [1.29, 1.82) is 0 Å². The lowest BCUT2D eigenvalue weighted by atomic mass is 10.2. The summed E-state index contributed by atoms with van der Waals surface area (Å²) < 4.78 is 0. The second kappa shape index (κ2) is 11.1. The minimum atomic E-state index is 0. The molecule has 1 aromatic carbocycles. The van der Waals surface area contributed by atoms with Crippen LogP contribution in [0.1, 0.15) is 24.2 Å². The Labute approximate surface area is 201 Å². The molecule has 2 aromatic heterocycles. The molecule has 1 aliphatic heterocycles. The predicted molar refractivity (Wildman–Crippen MR) is 137 cm³/mol. The van der Waals surface area contributed by atoms with Crippen LogP contribution < -0.4 is 10.2 Å². The monoisotopic (exact) mass is 531 g/mol. The second-order valence-electron chi connectivity index (χ2n) is 7.59. The molecule has 0 aliphatic carbocycles. The summed E-state index contributed by atoms with van der Waals surface area (Å²) in [5, 5.41) is 3.41. The number of nitrogens with one attached hydrogen (secondary N) is 2. The Kier molecular flexibility index (Phi) is 8.27. The van der Waals surface area contributed by atoms with Crippen LogP contribution in [0, 0.1) is 0 Å². The SMILES string of the molecule is CN=C(NCc1ccc(N2CCCC2)nc1)N(C)Cc1ncc(-c2ccccc2)[nH]1.I. The van der Waals surface area contributed by atoms with Gasteiger partial charge in [-0.25, -0.2) is 9.97 Å². The number of aromatic amines is 1. The molecule has 164 valence electrons. The van der Waals surface area contributed by atoms with Crippen LogP contribution in [-0.2, 0) is 13.1 Å². The average Bonchev–Trinajstić information content (AvgIpc) is 3.48. The fraction of sp³-hybridized carbons (Fsp3) is 0.348. The third-order valence-corrected chi connectivity index (χ3v) is 5.36. The maximum absolute atomic E-state index is 4.63. The Morgan fingerprint density at radius 3 is 2.55 bits per heavy atom. The molecule has 0 amide bonds. The molecule has 0 spiro atoms. The van der Waals surface area contributed by atoms with Crippen LogP contribution in [0.4, 0.5) is 5.82 Å². The number of H-pyrrole nitrogens is 1. The third kappa shape index (κ3) is 5.96. The lowest BCUT2D eigenvalue weighted by Crippen LogP contribution is -2.38. The Hall–Kier alpha value is -2.62. The first kappa shape index (κ1) is 23.1. The molecule has 3 heterocycles. The lowest BCUT2D eigenvalue weighted by Gasteiger charge is -2.21. The van der Waals surface area contributed by atoms with E-state index < -0.39 is 0 Å². The molecule has 4 rings (SSSR count). The minimum Gasteiger partial charge on any atom is -0.357 e. The molecular formula is C23H30IN7. The molecule has 0 atom stereocenters. The van der Waals surface area contributed by atoms with Crippen molar-refractivity contribution >= 4 is 35.8 Å². The van der Waals surface area contributed by atoms with Gasteiger partial charge in [-0.15, -0.1) is 24.0 Å². The molecule has 1 aliphatic rings. The van der Waals surface area contributed by atoms with Gasteiger partial charge in [0.25, 0.3) is 0 Å². The van der Waals surface area contributed by atoms with Crippen molar-refractivity contribution in [1.82, 2.24) is 25.2 Å². The highest BCUT2D eigenvalue weighted by Gasteiger charge is 2.13. The smallest absolute Gasteiger partial charge is 0.194 e. The molecule has 3 aromatic rings. The maximum Gasteiger partial charge on any atom is 0.194 e. The fourth-order valence-electron chi connectivity index (χ4n) is 3.73. The molecule has 0 unspecified atom stereocenters. The van der Waals surface area contributed by atoms with E-state index in [0.717, 1.165) is 47.5 Å². The molecule has 31 heavy (non-hydrogen) atoms. The molecule has 2 N–H and O–H groups in total. The van der Waals surface area contributed by atoms with E-state index in [-0.39, 0.29) is 24.0 Å². The fourth-order valence-corrected chi connectivity index (χ4v) is 3.73. The number of hydrogen-bond donors (Lipinski definition) is 2. The number of benzene rings is 1. The van der Waals surface area contributed by atoms with Crippen molar-refractivity contribution in [3.8, 4) is 11.3 Å². The van der Waals surface area contributed by atoms with Crippen LogP contribution in [0.5, 0.6) is 0 Å². The van der Waals surface area contributed by atoms with Crippen molar-refractivity contribution in [2.45, 2.75) is 25.9 Å². The summed E-state index contributed by atoms with van der Waals surface area (Å²) in [6.45, 7) is 3.54. The number of anilines is 1. The van der Waals surface area contributed by atoms with E-state index in [2.05, 4.69) is 59.3 Å². The summed E-state index contributed by atoms with van der Waals surface area (Å²) in [7, 11) is 3.81. The minimum absolute atomic E-state index is 0. The summed E-state index contributed by atoms with van der Waals surface area (Å²) in [6.07, 6.45) is 6.35. The molecule has 1 fully saturated rings. The van der Waals surface area contributed by atoms with Gasteiger partial charge in [0.05, 0.1) is 18.4 Å². The first-order valence-electron chi connectivity index (χ1n) is 10.4. The molecule has 0 saturated carbocycles. The topological polar surface area (TPSA) is 72.4 Å². The number of aromatic nitrogens is 3. The van der Waals surface area contributed by atoms with Gasteiger partial charge < -0.3 is 20.1 Å². The number of hydrogen-bond acceptors (Lipinski definition) is 4. The van der Waals surface area contributed by atoms with Crippen LogP contribution in [0.3, 0.4) is 0 Å². The number of guanidine groups is 1. The highest BCUT2D eigenvalue weighted by Crippen LogP contribution is 2.18. The molecule has 8 heteroatoms. The number of imidazole rings is 1. The number of nitrogens with zero attached hydrogens (tertiary/aromatic N) is 5. The Bertz CT molecular complexity index is 963. The summed E-state index contributed by atoms with van der Waals surface area (Å²) >= 11 is 0. The third-order valence-electron chi connectivity index (χ3n) is 5.36. The number of rotatable bonds is 6. The van der Waals surface area contributed by atoms with Crippen LogP contribution in [0.15, 0.2) is 59.9 Å². The van der Waals surface area contributed by atoms with Gasteiger partial charge in [-0.3, -0.25) is 4.99 Å². The van der Waals surface area contributed by atoms with Crippen LogP contribution >= 0.6 is 24.0 Å². The van der Waals surface area contributed by atoms with Gasteiger partial charge in [-0.1, -0.05) is 36.4 Å². The number of aliphatic imine (C=N–C) groups is 1. The Balaban J connectivity index is 0.00000272. The van der Waals surface area contributed by atoms with E-state index in [9.17, 15) is 0 Å². The molecule has 1 saturated heterocycles.